The number of aliphatic hydroxyl groups is 1. The van der Waals surface area contributed by atoms with Gasteiger partial charge < -0.3 is 10.4 Å². The zero-order chi connectivity index (χ0) is 12.4. The van der Waals surface area contributed by atoms with Crippen molar-refractivity contribution in [2.24, 2.45) is 0 Å². The maximum absolute atomic E-state index is 11.6. The number of rotatable bonds is 3. The highest BCUT2D eigenvalue weighted by Gasteiger charge is 2.22. The Hall–Kier alpha value is -1.04. The van der Waals surface area contributed by atoms with E-state index >= 15 is 0 Å². The number of carbonyl (C=O) groups is 1. The van der Waals surface area contributed by atoms with Gasteiger partial charge in [-0.05, 0) is 31.7 Å². The zero-order valence-electron chi connectivity index (χ0n) is 9.93. The lowest BCUT2D eigenvalue weighted by atomic mass is 10.2. The molecule has 17 heavy (non-hydrogen) atoms. The molecule has 5 heteroatoms. The van der Waals surface area contributed by atoms with Crippen LogP contribution in [0.15, 0.2) is 23.1 Å². The lowest BCUT2D eigenvalue weighted by Crippen LogP contribution is -2.26. The van der Waals surface area contributed by atoms with Gasteiger partial charge in [0.1, 0.15) is 0 Å². The van der Waals surface area contributed by atoms with Crippen LogP contribution in [0, 0.1) is 0 Å². The maximum Gasteiger partial charge on any atom is 0.237 e. The van der Waals surface area contributed by atoms with E-state index in [-0.39, 0.29) is 17.9 Å². The predicted molar refractivity (Wildman–Crippen MR) is 68.9 cm³/mol. The number of nitrogens with zero attached hydrogens (tertiary/aromatic N) is 1. The highest BCUT2D eigenvalue weighted by molar-refractivity contribution is 8.00. The minimum atomic E-state index is -0.0338. The van der Waals surface area contributed by atoms with Crippen LogP contribution < -0.4 is 5.32 Å². The van der Waals surface area contributed by atoms with Crippen LogP contribution in [0.4, 0.5) is 5.69 Å². The monoisotopic (exact) mass is 252 g/mol. The molecule has 0 saturated carbocycles. The summed E-state index contributed by atoms with van der Waals surface area (Å²) in [5, 5.41) is 11.8. The summed E-state index contributed by atoms with van der Waals surface area (Å²) in [7, 11) is 1.84. The Labute approximate surface area is 105 Å². The number of thioether (sulfide) groups is 1. The van der Waals surface area contributed by atoms with E-state index < -0.39 is 0 Å². The van der Waals surface area contributed by atoms with Gasteiger partial charge in [-0.25, -0.2) is 0 Å². The number of fused-ring (bicyclic) bond motifs is 1. The number of aliphatic hydroxyl groups excluding tert-OH is 1. The average Bonchev–Trinajstić information content (AvgIpc) is 2.31. The van der Waals surface area contributed by atoms with E-state index in [1.54, 1.807) is 16.7 Å². The van der Waals surface area contributed by atoms with Crippen LogP contribution >= 0.6 is 11.8 Å². The molecule has 0 fully saturated rings. The molecular weight excluding hydrogens is 236 g/mol. The van der Waals surface area contributed by atoms with Gasteiger partial charge in [-0.2, -0.15) is 0 Å². The molecule has 2 rings (SSSR count). The van der Waals surface area contributed by atoms with Gasteiger partial charge in [0.15, 0.2) is 0 Å². The van der Waals surface area contributed by atoms with Crippen molar-refractivity contribution in [2.45, 2.75) is 23.6 Å². The van der Waals surface area contributed by atoms with Crippen LogP contribution in [-0.2, 0) is 11.3 Å². The second kappa shape index (κ2) is 5.08. The van der Waals surface area contributed by atoms with Crippen molar-refractivity contribution in [3.63, 3.8) is 0 Å². The number of nitrogens with one attached hydrogen (secondary N) is 1. The van der Waals surface area contributed by atoms with Gasteiger partial charge in [0.2, 0.25) is 5.91 Å². The molecule has 0 radical (unpaired) electrons. The van der Waals surface area contributed by atoms with Gasteiger partial charge in [0.25, 0.3) is 0 Å². The normalized spacial score (nSPS) is 19.1. The fourth-order valence-electron chi connectivity index (χ4n) is 1.72. The van der Waals surface area contributed by atoms with Crippen LogP contribution in [0.2, 0.25) is 0 Å². The minimum Gasteiger partial charge on any atom is -0.381 e. The van der Waals surface area contributed by atoms with Gasteiger partial charge in [-0.15, -0.1) is 11.8 Å². The first kappa shape index (κ1) is 12.4. The minimum absolute atomic E-state index is 0.0230. The fraction of sp³-hybridized carbons (Fsp3) is 0.417. The maximum atomic E-state index is 11.6. The third-order valence-corrected chi connectivity index (χ3v) is 3.85. The molecule has 1 aromatic carbocycles. The van der Waals surface area contributed by atoms with Crippen molar-refractivity contribution in [3.8, 4) is 0 Å². The van der Waals surface area contributed by atoms with Crippen molar-refractivity contribution in [2.75, 3.05) is 19.1 Å². The number of amides is 1. The summed E-state index contributed by atoms with van der Waals surface area (Å²) in [6, 6.07) is 6.02. The molecule has 1 aromatic rings. The molecule has 1 unspecified atom stereocenters. The van der Waals surface area contributed by atoms with E-state index in [4.69, 9.17) is 5.11 Å². The number of hydrogen-bond acceptors (Lipinski definition) is 4. The lowest BCUT2D eigenvalue weighted by Gasteiger charge is -2.22. The zero-order valence-corrected chi connectivity index (χ0v) is 10.8. The van der Waals surface area contributed by atoms with Gasteiger partial charge >= 0.3 is 0 Å². The largest absolute Gasteiger partial charge is 0.381 e. The molecule has 4 nitrogen and oxygen atoms in total. The van der Waals surface area contributed by atoms with E-state index in [0.717, 1.165) is 16.1 Å². The SMILES string of the molecule is CC1Sc2ccc(CN(C)CO)cc2NC1=O. The Morgan fingerprint density at radius 1 is 1.53 bits per heavy atom. The van der Waals surface area contributed by atoms with E-state index in [0.29, 0.717) is 6.54 Å². The van der Waals surface area contributed by atoms with Gasteiger partial charge in [0, 0.05) is 11.4 Å². The van der Waals surface area contributed by atoms with Crippen LogP contribution in [0.1, 0.15) is 12.5 Å². The second-order valence-corrected chi connectivity index (χ2v) is 5.62. The van der Waals surface area contributed by atoms with Gasteiger partial charge in [0.05, 0.1) is 17.7 Å². The first-order chi connectivity index (χ1) is 8.10. The number of carbonyl (C=O) groups excluding carboxylic acids is 1. The molecule has 1 aliphatic heterocycles. The molecule has 1 atom stereocenters. The lowest BCUT2D eigenvalue weighted by molar-refractivity contribution is -0.115. The molecule has 0 aliphatic carbocycles. The van der Waals surface area contributed by atoms with Crippen LogP contribution in [-0.4, -0.2) is 34.9 Å². The average molecular weight is 252 g/mol. The van der Waals surface area contributed by atoms with Gasteiger partial charge in [-0.3, -0.25) is 9.69 Å². The Bertz CT molecular complexity index is 437. The fourth-order valence-corrected chi connectivity index (χ4v) is 2.65. The summed E-state index contributed by atoms with van der Waals surface area (Å²) in [5.41, 5.74) is 1.96. The summed E-state index contributed by atoms with van der Waals surface area (Å²) in [4.78, 5) is 14.5. The first-order valence-corrected chi connectivity index (χ1v) is 6.38. The highest BCUT2D eigenvalue weighted by atomic mass is 32.2. The van der Waals surface area contributed by atoms with Crippen LogP contribution in [0.25, 0.3) is 0 Å². The Balaban J connectivity index is 2.19. The summed E-state index contributed by atoms with van der Waals surface area (Å²) in [5.74, 6) is 0.0511. The summed E-state index contributed by atoms with van der Waals surface area (Å²) < 4.78 is 0. The molecular formula is C12H16N2O2S. The summed E-state index contributed by atoms with van der Waals surface area (Å²) in [6.45, 7) is 2.59. The van der Waals surface area contributed by atoms with Crippen molar-refractivity contribution in [1.29, 1.82) is 0 Å². The standard InChI is InChI=1S/C12H16N2O2S/c1-8-12(16)13-10-5-9(6-14(2)7-15)3-4-11(10)17-8/h3-5,8,15H,6-7H2,1-2H3,(H,13,16). The predicted octanol–water partition coefficient (Wildman–Crippen LogP) is 1.50. The van der Waals surface area contributed by atoms with Crippen molar-refractivity contribution < 1.29 is 9.90 Å². The highest BCUT2D eigenvalue weighted by Crippen LogP contribution is 2.35. The summed E-state index contributed by atoms with van der Waals surface area (Å²) in [6.07, 6.45) is 0. The van der Waals surface area contributed by atoms with E-state index in [2.05, 4.69) is 5.32 Å². The third-order valence-electron chi connectivity index (χ3n) is 2.67. The van der Waals surface area contributed by atoms with Crippen molar-refractivity contribution in [1.82, 2.24) is 4.90 Å². The Morgan fingerprint density at radius 3 is 3.00 bits per heavy atom. The van der Waals surface area contributed by atoms with E-state index in [1.165, 1.54) is 0 Å². The van der Waals surface area contributed by atoms with E-state index in [9.17, 15) is 4.79 Å². The molecule has 0 saturated heterocycles. The number of hydrogen-bond donors (Lipinski definition) is 2. The second-order valence-electron chi connectivity index (χ2n) is 4.24. The Morgan fingerprint density at radius 2 is 2.29 bits per heavy atom. The quantitative estimate of drug-likeness (QED) is 0.801. The Kier molecular flexibility index (Phi) is 3.71. The smallest absolute Gasteiger partial charge is 0.237 e. The van der Waals surface area contributed by atoms with E-state index in [1.807, 2.05) is 32.2 Å². The van der Waals surface area contributed by atoms with Crippen molar-refractivity contribution >= 4 is 23.4 Å². The summed E-state index contributed by atoms with van der Waals surface area (Å²) >= 11 is 1.58. The number of benzene rings is 1. The topological polar surface area (TPSA) is 52.6 Å². The molecule has 0 aromatic heterocycles. The molecule has 0 spiro atoms. The first-order valence-electron chi connectivity index (χ1n) is 5.50. The van der Waals surface area contributed by atoms with Crippen LogP contribution in [0.3, 0.4) is 0 Å². The molecule has 1 heterocycles. The van der Waals surface area contributed by atoms with Crippen LogP contribution in [0.5, 0.6) is 0 Å². The molecule has 92 valence electrons. The molecule has 1 aliphatic rings. The molecule has 1 amide bonds. The van der Waals surface area contributed by atoms with Crippen molar-refractivity contribution in [3.05, 3.63) is 23.8 Å². The molecule has 2 N–H and O–H groups in total. The number of anilines is 1. The third kappa shape index (κ3) is 2.80. The van der Waals surface area contributed by atoms with Gasteiger partial charge in [-0.1, -0.05) is 6.07 Å². The molecule has 0 bridgehead atoms.